The van der Waals surface area contributed by atoms with Gasteiger partial charge in [0.1, 0.15) is 6.61 Å². The van der Waals surface area contributed by atoms with Crippen molar-refractivity contribution in [3.05, 3.63) is 23.8 Å². The Morgan fingerprint density at radius 3 is 2.96 bits per heavy atom. The number of hydrogen-bond donors (Lipinski definition) is 1. The van der Waals surface area contributed by atoms with Crippen molar-refractivity contribution in [2.45, 2.75) is 26.3 Å². The van der Waals surface area contributed by atoms with Crippen LogP contribution in [0.15, 0.2) is 23.2 Å². The van der Waals surface area contributed by atoms with Crippen LogP contribution in [0.5, 0.6) is 11.5 Å². The molecule has 130 valence electrons. The molecule has 1 aromatic rings. The Morgan fingerprint density at radius 1 is 1.46 bits per heavy atom. The fourth-order valence-electron chi connectivity index (χ4n) is 2.96. The first-order valence-corrected chi connectivity index (χ1v) is 8.36. The van der Waals surface area contributed by atoms with Crippen LogP contribution < -0.4 is 14.8 Å². The van der Waals surface area contributed by atoms with E-state index < -0.39 is 0 Å². The molecule has 2 rings (SSSR count). The van der Waals surface area contributed by atoms with Gasteiger partial charge in [0.25, 0.3) is 0 Å². The Bertz CT molecular complexity index is 607. The monoisotopic (exact) mass is 329 g/mol. The first kappa shape index (κ1) is 18.0. The van der Waals surface area contributed by atoms with Crippen LogP contribution in [-0.2, 0) is 6.54 Å². The van der Waals surface area contributed by atoms with Crippen molar-refractivity contribution in [1.29, 1.82) is 0 Å². The molecule has 1 aliphatic heterocycles. The molecule has 0 aromatic heterocycles. The Labute approximate surface area is 145 Å². The predicted molar refractivity (Wildman–Crippen MR) is 97.5 cm³/mol. The third-order valence-corrected chi connectivity index (χ3v) is 4.16. The van der Waals surface area contributed by atoms with Crippen LogP contribution in [-0.4, -0.2) is 44.7 Å². The van der Waals surface area contributed by atoms with E-state index in [1.54, 1.807) is 7.11 Å². The van der Waals surface area contributed by atoms with E-state index in [4.69, 9.17) is 15.9 Å². The smallest absolute Gasteiger partial charge is 0.193 e. The quantitative estimate of drug-likeness (QED) is 0.512. The fourth-order valence-corrected chi connectivity index (χ4v) is 2.96. The van der Waals surface area contributed by atoms with E-state index >= 15 is 0 Å². The van der Waals surface area contributed by atoms with Crippen molar-refractivity contribution in [3.63, 3.8) is 0 Å². The molecule has 0 saturated carbocycles. The molecule has 0 radical (unpaired) electrons. The zero-order valence-corrected chi connectivity index (χ0v) is 14.8. The zero-order valence-electron chi connectivity index (χ0n) is 14.8. The average Bonchev–Trinajstić information content (AvgIpc) is 2.60. The van der Waals surface area contributed by atoms with Gasteiger partial charge in [-0.15, -0.1) is 6.42 Å². The highest BCUT2D eigenvalue weighted by Crippen LogP contribution is 2.28. The molecule has 0 spiro atoms. The number of methoxy groups -OCH3 is 1. The third kappa shape index (κ3) is 4.82. The van der Waals surface area contributed by atoms with E-state index in [-0.39, 0.29) is 6.61 Å². The number of nitrogens with one attached hydrogen (secondary N) is 1. The summed E-state index contributed by atoms with van der Waals surface area (Å²) in [6, 6.07) is 5.87. The van der Waals surface area contributed by atoms with Gasteiger partial charge < -0.3 is 19.7 Å². The Balaban J connectivity index is 2.00. The summed E-state index contributed by atoms with van der Waals surface area (Å²) in [4.78, 5) is 6.74. The first-order chi connectivity index (χ1) is 11.7. The highest BCUT2D eigenvalue weighted by Gasteiger charge is 2.19. The fraction of sp³-hybridized carbons (Fsp3) is 0.526. The minimum atomic E-state index is 0.223. The van der Waals surface area contributed by atoms with Crippen LogP contribution in [0.3, 0.4) is 0 Å². The molecule has 1 atom stereocenters. The highest BCUT2D eigenvalue weighted by molar-refractivity contribution is 5.80. The van der Waals surface area contributed by atoms with Crippen molar-refractivity contribution in [3.8, 4) is 23.8 Å². The van der Waals surface area contributed by atoms with Crippen LogP contribution in [0.25, 0.3) is 0 Å². The van der Waals surface area contributed by atoms with Crippen LogP contribution >= 0.6 is 0 Å². The van der Waals surface area contributed by atoms with Gasteiger partial charge in [0, 0.05) is 26.7 Å². The lowest BCUT2D eigenvalue weighted by molar-refractivity contribution is 0.266. The number of ether oxygens (including phenoxy) is 2. The molecule has 1 aromatic carbocycles. The molecule has 5 heteroatoms. The molecule has 0 aliphatic carbocycles. The maximum Gasteiger partial charge on any atom is 0.193 e. The second-order valence-corrected chi connectivity index (χ2v) is 6.07. The summed E-state index contributed by atoms with van der Waals surface area (Å²) in [6.45, 7) is 5.30. The van der Waals surface area contributed by atoms with E-state index in [1.165, 1.54) is 12.8 Å². The van der Waals surface area contributed by atoms with Crippen molar-refractivity contribution in [1.82, 2.24) is 10.2 Å². The molecular weight excluding hydrogens is 302 g/mol. The Morgan fingerprint density at radius 2 is 2.29 bits per heavy atom. The molecule has 1 aliphatic rings. The predicted octanol–water partition coefficient (Wildman–Crippen LogP) is 2.51. The summed E-state index contributed by atoms with van der Waals surface area (Å²) in [5.74, 6) is 5.48. The summed E-state index contributed by atoms with van der Waals surface area (Å²) in [5.41, 5.74) is 1.09. The van der Waals surface area contributed by atoms with Crippen molar-refractivity contribution in [2.24, 2.45) is 10.9 Å². The van der Waals surface area contributed by atoms with Gasteiger partial charge in [0.15, 0.2) is 17.5 Å². The van der Waals surface area contributed by atoms with Gasteiger partial charge in [0.05, 0.1) is 7.11 Å². The van der Waals surface area contributed by atoms with Crippen LogP contribution in [0, 0.1) is 18.3 Å². The summed E-state index contributed by atoms with van der Waals surface area (Å²) in [6.07, 6.45) is 7.78. The van der Waals surface area contributed by atoms with Gasteiger partial charge in [-0.2, -0.15) is 0 Å². The standard InChI is InChI=1S/C19H27N3O2/c1-5-11-24-18-12-16(8-9-17(18)23-4)13-21-19(20-3)22-10-6-7-15(2)14-22/h1,8-9,12,15H,6-7,10-11,13-14H2,2-4H3,(H,20,21). The Kier molecular flexibility index (Phi) is 6.80. The second kappa shape index (κ2) is 9.07. The van der Waals surface area contributed by atoms with E-state index in [0.717, 1.165) is 24.6 Å². The molecule has 1 unspecified atom stereocenters. The van der Waals surface area contributed by atoms with Gasteiger partial charge in [-0.1, -0.05) is 18.9 Å². The molecule has 1 heterocycles. The average molecular weight is 329 g/mol. The number of guanidine groups is 1. The molecule has 0 amide bonds. The number of piperidine rings is 1. The van der Waals surface area contributed by atoms with Gasteiger partial charge in [0.2, 0.25) is 0 Å². The normalized spacial score (nSPS) is 18.0. The minimum Gasteiger partial charge on any atom is -0.493 e. The lowest BCUT2D eigenvalue weighted by Gasteiger charge is -2.33. The van der Waals surface area contributed by atoms with E-state index in [2.05, 4.69) is 28.1 Å². The summed E-state index contributed by atoms with van der Waals surface area (Å²) < 4.78 is 10.9. The van der Waals surface area contributed by atoms with Crippen LogP contribution in [0.2, 0.25) is 0 Å². The second-order valence-electron chi connectivity index (χ2n) is 6.07. The number of aliphatic imine (C=N–C) groups is 1. The molecule has 1 N–H and O–H groups in total. The van der Waals surface area contributed by atoms with Gasteiger partial charge in [-0.25, -0.2) is 0 Å². The van der Waals surface area contributed by atoms with Crippen molar-refractivity contribution >= 4 is 5.96 Å². The van der Waals surface area contributed by atoms with Crippen LogP contribution in [0.1, 0.15) is 25.3 Å². The maximum atomic E-state index is 5.55. The maximum absolute atomic E-state index is 5.55. The van der Waals surface area contributed by atoms with Crippen LogP contribution in [0.4, 0.5) is 0 Å². The summed E-state index contributed by atoms with van der Waals surface area (Å²) >= 11 is 0. The number of benzene rings is 1. The number of terminal acetylenes is 1. The largest absolute Gasteiger partial charge is 0.493 e. The third-order valence-electron chi connectivity index (χ3n) is 4.16. The van der Waals surface area contributed by atoms with E-state index in [1.807, 2.05) is 25.2 Å². The number of nitrogens with zero attached hydrogens (tertiary/aromatic N) is 2. The number of likely N-dealkylation sites (tertiary alicyclic amines) is 1. The minimum absolute atomic E-state index is 0.223. The zero-order chi connectivity index (χ0) is 17.4. The lowest BCUT2D eigenvalue weighted by Crippen LogP contribution is -2.45. The molecule has 1 fully saturated rings. The van der Waals surface area contributed by atoms with Gasteiger partial charge in [-0.05, 0) is 36.5 Å². The number of hydrogen-bond acceptors (Lipinski definition) is 3. The topological polar surface area (TPSA) is 46.1 Å². The summed E-state index contributed by atoms with van der Waals surface area (Å²) in [7, 11) is 3.45. The van der Waals surface area contributed by atoms with Crippen molar-refractivity contribution < 1.29 is 9.47 Å². The van der Waals surface area contributed by atoms with Gasteiger partial charge in [-0.3, -0.25) is 4.99 Å². The molecule has 5 nitrogen and oxygen atoms in total. The SMILES string of the molecule is C#CCOc1cc(CNC(=NC)N2CCCC(C)C2)ccc1OC. The first-order valence-electron chi connectivity index (χ1n) is 8.36. The van der Waals surface area contributed by atoms with Gasteiger partial charge >= 0.3 is 0 Å². The highest BCUT2D eigenvalue weighted by atomic mass is 16.5. The molecule has 24 heavy (non-hydrogen) atoms. The van der Waals surface area contributed by atoms with Crippen molar-refractivity contribution in [2.75, 3.05) is 33.9 Å². The summed E-state index contributed by atoms with van der Waals surface area (Å²) in [5, 5.41) is 3.44. The van der Waals surface area contributed by atoms with E-state index in [0.29, 0.717) is 24.0 Å². The molecular formula is C19H27N3O2. The lowest BCUT2D eigenvalue weighted by atomic mass is 10.0. The number of rotatable bonds is 5. The molecule has 1 saturated heterocycles. The Hall–Kier alpha value is -2.35. The molecule has 0 bridgehead atoms. The van der Waals surface area contributed by atoms with E-state index in [9.17, 15) is 0 Å².